The Hall–Kier alpha value is -2.34. The van der Waals surface area contributed by atoms with Gasteiger partial charge in [-0.2, -0.15) is 0 Å². The number of hydrogen-bond donors (Lipinski definition) is 2. The highest BCUT2D eigenvalue weighted by Crippen LogP contribution is 2.25. The maximum atomic E-state index is 12.9. The lowest BCUT2D eigenvalue weighted by Gasteiger charge is -2.35. The normalized spacial score (nSPS) is 16.1. The molecule has 0 radical (unpaired) electrons. The number of rotatable bonds is 7. The summed E-state index contributed by atoms with van der Waals surface area (Å²) in [5.74, 6) is 0.938. The van der Waals surface area contributed by atoms with Crippen LogP contribution in [0.25, 0.3) is 0 Å². The summed E-state index contributed by atoms with van der Waals surface area (Å²) in [7, 11) is 0. The van der Waals surface area contributed by atoms with E-state index in [-0.39, 0.29) is 12.1 Å². The molecule has 3 rings (SSSR count). The van der Waals surface area contributed by atoms with Gasteiger partial charge in [0.1, 0.15) is 5.82 Å². The average molecular weight is 370 g/mol. The van der Waals surface area contributed by atoms with Crippen molar-refractivity contribution in [2.45, 2.75) is 57.7 Å². The van der Waals surface area contributed by atoms with Crippen LogP contribution in [-0.4, -0.2) is 44.7 Å². The molecule has 1 aliphatic carbocycles. The fraction of sp³-hybridized carbons (Fsp3) is 0.524. The van der Waals surface area contributed by atoms with Gasteiger partial charge >= 0.3 is 6.03 Å². The van der Waals surface area contributed by atoms with Gasteiger partial charge in [0.05, 0.1) is 12.6 Å². The van der Waals surface area contributed by atoms with Crippen molar-refractivity contribution in [3.8, 4) is 0 Å². The molecule has 1 aromatic heterocycles. The topological polar surface area (TPSA) is 70.4 Å². The van der Waals surface area contributed by atoms with Gasteiger partial charge in [-0.15, -0.1) is 0 Å². The van der Waals surface area contributed by atoms with E-state index in [1.54, 1.807) is 6.20 Å². The van der Waals surface area contributed by atoms with Crippen LogP contribution >= 0.6 is 0 Å². The van der Waals surface area contributed by atoms with Crippen LogP contribution in [0.2, 0.25) is 0 Å². The molecule has 0 spiro atoms. The molecular weight excluding hydrogens is 340 g/mol. The summed E-state index contributed by atoms with van der Waals surface area (Å²) in [4.78, 5) is 18.9. The highest BCUT2D eigenvalue weighted by atomic mass is 16.3. The summed E-state index contributed by atoms with van der Waals surface area (Å²) in [6, 6.07) is 9.68. The van der Waals surface area contributed by atoms with E-state index in [2.05, 4.69) is 10.3 Å². The first kappa shape index (κ1) is 19.4. The van der Waals surface area contributed by atoms with Crippen LogP contribution < -0.4 is 5.32 Å². The van der Waals surface area contributed by atoms with Crippen molar-refractivity contribution < 1.29 is 9.90 Å². The molecule has 6 nitrogen and oxygen atoms in total. The Labute approximate surface area is 161 Å². The van der Waals surface area contributed by atoms with Gasteiger partial charge in [0.2, 0.25) is 0 Å². The van der Waals surface area contributed by atoms with Gasteiger partial charge in [-0.25, -0.2) is 9.78 Å². The number of aliphatic hydroxyl groups is 1. The Bertz CT molecular complexity index is 710. The van der Waals surface area contributed by atoms with Gasteiger partial charge in [0.15, 0.2) is 0 Å². The van der Waals surface area contributed by atoms with E-state index < -0.39 is 6.10 Å². The molecule has 0 saturated heterocycles. The molecule has 1 heterocycles. The van der Waals surface area contributed by atoms with Crippen molar-refractivity contribution in [2.75, 3.05) is 13.1 Å². The number of imidazole rings is 1. The third kappa shape index (κ3) is 5.32. The van der Waals surface area contributed by atoms with Crippen molar-refractivity contribution >= 4 is 6.03 Å². The Morgan fingerprint density at radius 2 is 2.04 bits per heavy atom. The fourth-order valence-electron chi connectivity index (χ4n) is 3.78. The van der Waals surface area contributed by atoms with Crippen molar-refractivity contribution in [1.29, 1.82) is 0 Å². The quantitative estimate of drug-likeness (QED) is 0.786. The lowest BCUT2D eigenvalue weighted by atomic mass is 9.94. The first-order valence-electron chi connectivity index (χ1n) is 9.90. The maximum absolute atomic E-state index is 12.9. The zero-order chi connectivity index (χ0) is 19.1. The van der Waals surface area contributed by atoms with Crippen molar-refractivity contribution in [3.05, 3.63) is 54.1 Å². The number of carbonyl (C=O) groups is 1. The molecular formula is C21H30N4O2. The van der Waals surface area contributed by atoms with Crippen LogP contribution in [0.1, 0.15) is 49.6 Å². The first-order chi connectivity index (χ1) is 13.1. The molecule has 2 amide bonds. The van der Waals surface area contributed by atoms with Crippen LogP contribution in [0.4, 0.5) is 4.79 Å². The third-order valence-electron chi connectivity index (χ3n) is 5.38. The highest BCUT2D eigenvalue weighted by molar-refractivity contribution is 5.74. The monoisotopic (exact) mass is 370 g/mol. The van der Waals surface area contributed by atoms with E-state index in [1.165, 1.54) is 6.42 Å². The van der Waals surface area contributed by atoms with Gasteiger partial charge in [-0.05, 0) is 25.3 Å². The Morgan fingerprint density at radius 1 is 1.30 bits per heavy atom. The number of aryl methyl sites for hydroxylation is 1. The van der Waals surface area contributed by atoms with E-state index >= 15 is 0 Å². The minimum absolute atomic E-state index is 0.0883. The van der Waals surface area contributed by atoms with E-state index in [0.29, 0.717) is 19.6 Å². The fourth-order valence-corrected chi connectivity index (χ4v) is 3.78. The smallest absolute Gasteiger partial charge is 0.317 e. The molecule has 1 atom stereocenters. The average Bonchev–Trinajstić information content (AvgIpc) is 3.12. The minimum Gasteiger partial charge on any atom is -0.387 e. The molecule has 0 bridgehead atoms. The van der Waals surface area contributed by atoms with Crippen LogP contribution in [0.5, 0.6) is 0 Å². The van der Waals surface area contributed by atoms with Crippen molar-refractivity contribution in [2.24, 2.45) is 0 Å². The number of aliphatic hydroxyl groups excluding tert-OH is 1. The molecule has 0 aliphatic heterocycles. The molecule has 27 heavy (non-hydrogen) atoms. The first-order valence-corrected chi connectivity index (χ1v) is 9.90. The summed E-state index contributed by atoms with van der Waals surface area (Å²) in [5, 5.41) is 13.7. The predicted molar refractivity (Wildman–Crippen MR) is 105 cm³/mol. The Balaban J connectivity index is 1.61. The molecule has 1 aromatic carbocycles. The number of aromatic nitrogens is 2. The Morgan fingerprint density at radius 3 is 2.70 bits per heavy atom. The SMILES string of the molecule is Cc1nccn1CCNC(=O)N(C[C@@H](O)c1ccccc1)C1CCCCC1. The third-order valence-corrected chi connectivity index (χ3v) is 5.38. The van der Waals surface area contributed by atoms with Crippen LogP contribution in [-0.2, 0) is 6.54 Å². The number of hydrogen-bond acceptors (Lipinski definition) is 3. The van der Waals surface area contributed by atoms with Crippen molar-refractivity contribution in [3.63, 3.8) is 0 Å². The zero-order valence-electron chi connectivity index (χ0n) is 16.1. The predicted octanol–water partition coefficient (Wildman–Crippen LogP) is 3.27. The van der Waals surface area contributed by atoms with E-state index in [9.17, 15) is 9.90 Å². The molecule has 2 N–H and O–H groups in total. The summed E-state index contributed by atoms with van der Waals surface area (Å²) in [6.45, 7) is 3.51. The highest BCUT2D eigenvalue weighted by Gasteiger charge is 2.27. The van der Waals surface area contributed by atoms with Gasteiger partial charge in [-0.1, -0.05) is 49.6 Å². The molecule has 1 fully saturated rings. The minimum atomic E-state index is -0.672. The number of carbonyl (C=O) groups excluding carboxylic acids is 1. The summed E-state index contributed by atoms with van der Waals surface area (Å²) in [5.41, 5.74) is 0.847. The standard InChI is InChI=1S/C21H30N4O2/c1-17-22-12-14-24(17)15-13-23-21(27)25(19-10-6-3-7-11-19)16-20(26)18-8-4-2-5-9-18/h2,4-5,8-9,12,14,19-20,26H,3,6-7,10-11,13,15-16H2,1H3,(H,23,27)/t20-/m1/s1. The number of nitrogens with zero attached hydrogens (tertiary/aromatic N) is 3. The maximum Gasteiger partial charge on any atom is 0.317 e. The summed E-state index contributed by atoms with van der Waals surface area (Å²) >= 11 is 0. The molecule has 0 unspecified atom stereocenters. The van der Waals surface area contributed by atoms with Crippen LogP contribution in [0, 0.1) is 6.92 Å². The summed E-state index contributed by atoms with van der Waals surface area (Å²) in [6.07, 6.45) is 8.54. The van der Waals surface area contributed by atoms with Gasteiger partial charge in [0.25, 0.3) is 0 Å². The van der Waals surface area contributed by atoms with E-state index in [4.69, 9.17) is 0 Å². The largest absolute Gasteiger partial charge is 0.387 e. The van der Waals surface area contributed by atoms with Gasteiger partial charge in [-0.3, -0.25) is 0 Å². The van der Waals surface area contributed by atoms with Crippen LogP contribution in [0.3, 0.4) is 0 Å². The second-order valence-electron chi connectivity index (χ2n) is 7.27. The van der Waals surface area contributed by atoms with Gasteiger partial charge in [0, 0.05) is 31.5 Å². The van der Waals surface area contributed by atoms with Crippen LogP contribution in [0.15, 0.2) is 42.7 Å². The second-order valence-corrected chi connectivity index (χ2v) is 7.27. The van der Waals surface area contributed by atoms with E-state index in [0.717, 1.165) is 37.1 Å². The number of nitrogens with one attached hydrogen (secondary N) is 1. The molecule has 2 aromatic rings. The lowest BCUT2D eigenvalue weighted by Crippen LogP contribution is -2.49. The molecule has 146 valence electrons. The number of benzene rings is 1. The zero-order valence-corrected chi connectivity index (χ0v) is 16.1. The molecule has 1 aliphatic rings. The number of urea groups is 1. The van der Waals surface area contributed by atoms with E-state index in [1.807, 2.05) is 52.9 Å². The molecule has 6 heteroatoms. The lowest BCUT2D eigenvalue weighted by molar-refractivity contribution is 0.0901. The van der Waals surface area contributed by atoms with Gasteiger partial charge < -0.3 is 19.9 Å². The summed E-state index contributed by atoms with van der Waals surface area (Å²) < 4.78 is 2.02. The Kier molecular flexibility index (Phi) is 6.87. The number of amides is 2. The second kappa shape index (κ2) is 9.55. The molecule has 1 saturated carbocycles. The van der Waals surface area contributed by atoms with Crippen molar-refractivity contribution in [1.82, 2.24) is 19.8 Å².